The second kappa shape index (κ2) is 5.18. The molecule has 2 rings (SSSR count). The number of aromatic nitrogens is 1. The van der Waals surface area contributed by atoms with Crippen LogP contribution in [0, 0.1) is 0 Å². The monoisotopic (exact) mass is 305 g/mol. The van der Waals surface area contributed by atoms with Gasteiger partial charge >= 0.3 is 0 Å². The largest absolute Gasteiger partial charge is 0.398 e. The van der Waals surface area contributed by atoms with Crippen molar-refractivity contribution in [1.29, 1.82) is 0 Å². The summed E-state index contributed by atoms with van der Waals surface area (Å²) in [7, 11) is 0. The highest BCUT2D eigenvalue weighted by Gasteiger charge is 2.10. The number of halogens is 1. The van der Waals surface area contributed by atoms with Gasteiger partial charge < -0.3 is 11.1 Å². The van der Waals surface area contributed by atoms with E-state index < -0.39 is 0 Å². The third-order valence-electron chi connectivity index (χ3n) is 2.42. The summed E-state index contributed by atoms with van der Waals surface area (Å²) in [5.41, 5.74) is 7.46. The number of pyridine rings is 1. The molecule has 1 amide bonds. The highest BCUT2D eigenvalue weighted by molar-refractivity contribution is 9.11. The van der Waals surface area contributed by atoms with Gasteiger partial charge in [0.2, 0.25) is 0 Å². The van der Waals surface area contributed by atoms with Crippen LogP contribution in [0.5, 0.6) is 0 Å². The number of nitrogens with two attached hydrogens (primary N) is 1. The van der Waals surface area contributed by atoms with Crippen LogP contribution >= 0.6 is 15.9 Å². The van der Waals surface area contributed by atoms with E-state index in [4.69, 9.17) is 5.73 Å². The molecule has 0 aliphatic carbocycles. The molecule has 0 spiro atoms. The van der Waals surface area contributed by atoms with E-state index in [1.54, 1.807) is 6.07 Å². The molecule has 92 valence electrons. The molecule has 0 unspecified atom stereocenters. The number of nitrogen functional groups attached to an aromatic ring is 1. The number of benzene rings is 1. The molecule has 5 heteroatoms. The first kappa shape index (κ1) is 12.6. The van der Waals surface area contributed by atoms with E-state index in [-0.39, 0.29) is 5.91 Å². The van der Waals surface area contributed by atoms with E-state index in [1.807, 2.05) is 24.3 Å². The molecule has 18 heavy (non-hydrogen) atoms. The maximum Gasteiger partial charge on any atom is 0.270 e. The maximum absolute atomic E-state index is 11.9. The van der Waals surface area contributed by atoms with Crippen molar-refractivity contribution in [2.24, 2.45) is 0 Å². The number of fused-ring (bicyclic) bond motifs is 1. The first-order valence-corrected chi connectivity index (χ1v) is 6.14. The molecule has 0 bridgehead atoms. The van der Waals surface area contributed by atoms with Crippen LogP contribution < -0.4 is 11.1 Å². The van der Waals surface area contributed by atoms with Gasteiger partial charge in [-0.05, 0) is 12.1 Å². The molecule has 0 aliphatic rings. The molecule has 0 radical (unpaired) electrons. The minimum Gasteiger partial charge on any atom is -0.398 e. The van der Waals surface area contributed by atoms with Crippen molar-refractivity contribution >= 4 is 38.4 Å². The molecular formula is C13H12BrN3O. The van der Waals surface area contributed by atoms with E-state index in [0.717, 1.165) is 5.39 Å². The average Bonchev–Trinajstić information content (AvgIpc) is 2.36. The molecule has 1 aromatic carbocycles. The summed E-state index contributed by atoms with van der Waals surface area (Å²) in [6.45, 7) is 4.00. The number of carbonyl (C=O) groups excluding carboxylic acids is 1. The number of nitrogens with zero attached hydrogens (tertiary/aromatic N) is 1. The number of hydrogen-bond donors (Lipinski definition) is 2. The average molecular weight is 306 g/mol. The fraction of sp³-hybridized carbons (Fsp3) is 0.0769. The Bertz CT molecular complexity index is 625. The molecule has 0 aliphatic heterocycles. The Morgan fingerprint density at radius 3 is 2.89 bits per heavy atom. The van der Waals surface area contributed by atoms with Crippen LogP contribution in [0.1, 0.15) is 10.5 Å². The molecule has 0 saturated heterocycles. The van der Waals surface area contributed by atoms with Gasteiger partial charge in [-0.15, -0.1) is 0 Å². The zero-order valence-electron chi connectivity index (χ0n) is 9.61. The maximum atomic E-state index is 11.9. The van der Waals surface area contributed by atoms with E-state index in [9.17, 15) is 4.79 Å². The number of amides is 1. The Morgan fingerprint density at radius 1 is 1.44 bits per heavy atom. The Hall–Kier alpha value is -1.88. The minimum atomic E-state index is -0.270. The molecule has 0 atom stereocenters. The topological polar surface area (TPSA) is 68.0 Å². The van der Waals surface area contributed by atoms with E-state index in [2.05, 4.69) is 32.8 Å². The standard InChI is InChI=1S/C13H12BrN3O/c1-8(14)7-16-13(18)12-6-10(15)9-4-2-3-5-11(9)17-12/h2-6H,1,7H2,(H2,15,17)(H,16,18). The SMILES string of the molecule is C=C(Br)CNC(=O)c1cc(N)c2ccccc2n1. The number of hydrogen-bond acceptors (Lipinski definition) is 3. The normalized spacial score (nSPS) is 10.3. The molecule has 1 aromatic heterocycles. The second-order valence-electron chi connectivity index (χ2n) is 3.81. The van der Waals surface area contributed by atoms with Crippen LogP contribution in [0.15, 0.2) is 41.4 Å². The predicted octanol–water partition coefficient (Wildman–Crippen LogP) is 2.46. The highest BCUT2D eigenvalue weighted by atomic mass is 79.9. The van der Waals surface area contributed by atoms with Crippen LogP contribution in [-0.2, 0) is 0 Å². The lowest BCUT2D eigenvalue weighted by molar-refractivity contribution is 0.0953. The van der Waals surface area contributed by atoms with Crippen molar-refractivity contribution < 1.29 is 4.79 Å². The van der Waals surface area contributed by atoms with Gasteiger partial charge in [0.25, 0.3) is 5.91 Å². The molecule has 1 heterocycles. The van der Waals surface area contributed by atoms with Gasteiger partial charge in [0, 0.05) is 22.1 Å². The fourth-order valence-corrected chi connectivity index (χ4v) is 1.73. The Balaban J connectivity index is 2.34. The quantitative estimate of drug-likeness (QED) is 0.915. The fourth-order valence-electron chi connectivity index (χ4n) is 1.59. The van der Waals surface area contributed by atoms with Crippen molar-refractivity contribution in [3.63, 3.8) is 0 Å². The van der Waals surface area contributed by atoms with E-state index >= 15 is 0 Å². The lowest BCUT2D eigenvalue weighted by atomic mass is 10.1. The van der Waals surface area contributed by atoms with Gasteiger partial charge in [-0.1, -0.05) is 40.7 Å². The first-order chi connectivity index (χ1) is 8.58. The van der Waals surface area contributed by atoms with Crippen molar-refractivity contribution in [1.82, 2.24) is 10.3 Å². The molecule has 3 N–H and O–H groups in total. The summed E-state index contributed by atoms with van der Waals surface area (Å²) in [6.07, 6.45) is 0. The Morgan fingerprint density at radius 2 is 2.17 bits per heavy atom. The Kier molecular flexibility index (Phi) is 3.62. The summed E-state index contributed by atoms with van der Waals surface area (Å²) in [5, 5.41) is 3.53. The third kappa shape index (κ3) is 2.68. The number of para-hydroxylation sites is 1. The second-order valence-corrected chi connectivity index (χ2v) is 4.94. The van der Waals surface area contributed by atoms with Gasteiger partial charge in [-0.2, -0.15) is 0 Å². The molecule has 4 nitrogen and oxygen atoms in total. The van der Waals surface area contributed by atoms with Crippen LogP contribution in [0.25, 0.3) is 10.9 Å². The molecule has 2 aromatic rings. The first-order valence-electron chi connectivity index (χ1n) is 5.34. The van der Waals surface area contributed by atoms with Crippen molar-refractivity contribution in [3.05, 3.63) is 47.1 Å². The van der Waals surface area contributed by atoms with E-state index in [0.29, 0.717) is 27.9 Å². The summed E-state index contributed by atoms with van der Waals surface area (Å²) < 4.78 is 0.699. The molecule has 0 saturated carbocycles. The molecular weight excluding hydrogens is 294 g/mol. The number of carbonyl (C=O) groups is 1. The molecule has 0 fully saturated rings. The lowest BCUT2D eigenvalue weighted by Gasteiger charge is -2.06. The number of nitrogens with one attached hydrogen (secondary N) is 1. The van der Waals surface area contributed by atoms with Crippen molar-refractivity contribution in [3.8, 4) is 0 Å². The van der Waals surface area contributed by atoms with Gasteiger partial charge in [0.15, 0.2) is 0 Å². The summed E-state index contributed by atoms with van der Waals surface area (Å²) in [6, 6.07) is 9.02. The van der Waals surface area contributed by atoms with Crippen LogP contribution in [-0.4, -0.2) is 17.4 Å². The highest BCUT2D eigenvalue weighted by Crippen LogP contribution is 2.19. The summed E-state index contributed by atoms with van der Waals surface area (Å²) in [4.78, 5) is 16.1. The summed E-state index contributed by atoms with van der Waals surface area (Å²) >= 11 is 3.18. The van der Waals surface area contributed by atoms with Gasteiger partial charge in [-0.25, -0.2) is 4.98 Å². The zero-order chi connectivity index (χ0) is 13.1. The Labute approximate surface area is 113 Å². The zero-order valence-corrected chi connectivity index (χ0v) is 11.2. The smallest absolute Gasteiger partial charge is 0.270 e. The lowest BCUT2D eigenvalue weighted by Crippen LogP contribution is -2.25. The summed E-state index contributed by atoms with van der Waals surface area (Å²) in [5.74, 6) is -0.270. The van der Waals surface area contributed by atoms with Crippen LogP contribution in [0.2, 0.25) is 0 Å². The van der Waals surface area contributed by atoms with Crippen LogP contribution in [0.3, 0.4) is 0 Å². The van der Waals surface area contributed by atoms with Gasteiger partial charge in [0.1, 0.15) is 5.69 Å². The minimum absolute atomic E-state index is 0.270. The van der Waals surface area contributed by atoms with E-state index in [1.165, 1.54) is 0 Å². The van der Waals surface area contributed by atoms with Crippen LogP contribution in [0.4, 0.5) is 5.69 Å². The van der Waals surface area contributed by atoms with Crippen molar-refractivity contribution in [2.75, 3.05) is 12.3 Å². The van der Waals surface area contributed by atoms with Gasteiger partial charge in [-0.3, -0.25) is 4.79 Å². The number of anilines is 1. The van der Waals surface area contributed by atoms with Gasteiger partial charge in [0.05, 0.1) is 5.52 Å². The number of rotatable bonds is 3. The third-order valence-corrected chi connectivity index (χ3v) is 2.70. The predicted molar refractivity (Wildman–Crippen MR) is 76.6 cm³/mol. The van der Waals surface area contributed by atoms with Crippen molar-refractivity contribution in [2.45, 2.75) is 0 Å².